The van der Waals surface area contributed by atoms with Crippen molar-refractivity contribution in [2.24, 2.45) is 7.05 Å². The summed E-state index contributed by atoms with van der Waals surface area (Å²) in [5, 5.41) is 13.9. The van der Waals surface area contributed by atoms with Crippen LogP contribution in [0.3, 0.4) is 0 Å². The van der Waals surface area contributed by atoms with Crippen molar-refractivity contribution in [2.45, 2.75) is 57.1 Å². The van der Waals surface area contributed by atoms with Gasteiger partial charge in [0.1, 0.15) is 11.7 Å². The van der Waals surface area contributed by atoms with Gasteiger partial charge in [0.25, 0.3) is 0 Å². The van der Waals surface area contributed by atoms with E-state index in [2.05, 4.69) is 30.8 Å². The van der Waals surface area contributed by atoms with Gasteiger partial charge < -0.3 is 20.3 Å². The smallest absolute Gasteiger partial charge is 0.376 e. The van der Waals surface area contributed by atoms with Crippen molar-refractivity contribution in [1.29, 1.82) is 0 Å². The number of likely N-dealkylation sites (N-methyl/N-ethyl adjacent to an activating group) is 1. The van der Waals surface area contributed by atoms with Crippen molar-refractivity contribution in [3.8, 4) is 0 Å². The van der Waals surface area contributed by atoms with Crippen molar-refractivity contribution >= 4 is 23.4 Å². The minimum atomic E-state index is -4.50. The summed E-state index contributed by atoms with van der Waals surface area (Å²) in [5.74, 6) is 0.856. The summed E-state index contributed by atoms with van der Waals surface area (Å²) < 4.78 is 47.3. The highest BCUT2D eigenvalue weighted by atomic mass is 19.4. The van der Waals surface area contributed by atoms with Crippen molar-refractivity contribution in [3.05, 3.63) is 41.1 Å². The number of fused-ring (bicyclic) bond motifs is 1. The van der Waals surface area contributed by atoms with Crippen LogP contribution >= 0.6 is 0 Å². The highest BCUT2D eigenvalue weighted by Crippen LogP contribution is 2.44. The Labute approximate surface area is 211 Å². The third-order valence-corrected chi connectivity index (χ3v) is 7.12. The Hall–Kier alpha value is -3.68. The van der Waals surface area contributed by atoms with E-state index in [1.807, 2.05) is 11.9 Å². The van der Waals surface area contributed by atoms with Gasteiger partial charge in [-0.1, -0.05) is 0 Å². The van der Waals surface area contributed by atoms with E-state index in [0.717, 1.165) is 30.9 Å². The first kappa shape index (κ1) is 25.0. The lowest BCUT2D eigenvalue weighted by Gasteiger charge is -2.50. The molecular weight excluding hydrogens is 491 g/mol. The number of nitrogens with zero attached hydrogens (tertiary/aromatic N) is 7. The third kappa shape index (κ3) is 4.49. The molecule has 1 unspecified atom stereocenters. The number of aromatic nitrogens is 6. The zero-order chi connectivity index (χ0) is 26.5. The van der Waals surface area contributed by atoms with E-state index in [1.165, 1.54) is 11.7 Å². The molecule has 5 rings (SSSR count). The number of rotatable bonds is 7. The SMILES string of the molecule is COC1(C2C(=O)Nc3c(C)nc(NCc4cnn(Cc5cc(C(F)(F)F)nn5C)c4)nc3N2C)CCC1. The van der Waals surface area contributed by atoms with E-state index in [-0.39, 0.29) is 12.5 Å². The standard InChI is InChI=1S/C23H28F3N9O2/c1-13-17-19(33(2)18(20(36)30-17)22(37-4)6-5-7-22)31-21(29-13)27-9-14-10-28-35(11-14)12-15-8-16(23(24,25)26)32-34(15)3/h8,10-11,18H,5-7,9,12H2,1-4H3,(H,30,36)(H,27,29,31). The van der Waals surface area contributed by atoms with Crippen molar-refractivity contribution in [3.63, 3.8) is 0 Å². The predicted octanol–water partition coefficient (Wildman–Crippen LogP) is 2.72. The Kier molecular flexibility index (Phi) is 6.09. The largest absolute Gasteiger partial charge is 0.435 e. The molecule has 0 saturated heterocycles. The summed E-state index contributed by atoms with van der Waals surface area (Å²) in [5.41, 5.74) is 0.900. The summed E-state index contributed by atoms with van der Waals surface area (Å²) in [6, 6.07) is 0.521. The molecule has 1 amide bonds. The molecule has 1 aliphatic heterocycles. The molecule has 2 N–H and O–H groups in total. The molecule has 198 valence electrons. The summed E-state index contributed by atoms with van der Waals surface area (Å²) in [4.78, 5) is 23.9. The second-order valence-electron chi connectivity index (χ2n) is 9.50. The van der Waals surface area contributed by atoms with Crippen LogP contribution < -0.4 is 15.5 Å². The molecular formula is C23H28F3N9O2. The van der Waals surface area contributed by atoms with Gasteiger partial charge >= 0.3 is 6.18 Å². The lowest BCUT2D eigenvalue weighted by atomic mass is 9.73. The van der Waals surface area contributed by atoms with Crippen LogP contribution in [0.2, 0.25) is 0 Å². The second-order valence-corrected chi connectivity index (χ2v) is 9.50. The molecule has 14 heteroatoms. The Balaban J connectivity index is 1.29. The quantitative estimate of drug-likeness (QED) is 0.490. The first-order valence-corrected chi connectivity index (χ1v) is 11.8. The first-order chi connectivity index (χ1) is 17.5. The van der Waals surface area contributed by atoms with Crippen LogP contribution in [0.4, 0.5) is 30.6 Å². The van der Waals surface area contributed by atoms with E-state index < -0.39 is 23.5 Å². The average molecular weight is 520 g/mol. The molecule has 4 heterocycles. The van der Waals surface area contributed by atoms with E-state index in [9.17, 15) is 18.0 Å². The maximum Gasteiger partial charge on any atom is 0.435 e. The van der Waals surface area contributed by atoms with Gasteiger partial charge in [0.15, 0.2) is 11.5 Å². The summed E-state index contributed by atoms with van der Waals surface area (Å²) >= 11 is 0. The first-order valence-electron chi connectivity index (χ1n) is 11.8. The van der Waals surface area contributed by atoms with Gasteiger partial charge in [-0.25, -0.2) is 4.98 Å². The number of halogens is 3. The molecule has 1 saturated carbocycles. The molecule has 0 radical (unpaired) electrons. The molecule has 0 spiro atoms. The van der Waals surface area contributed by atoms with Crippen molar-refractivity contribution in [1.82, 2.24) is 29.5 Å². The topological polar surface area (TPSA) is 115 Å². The zero-order valence-corrected chi connectivity index (χ0v) is 20.9. The lowest BCUT2D eigenvalue weighted by molar-refractivity contribution is -0.141. The van der Waals surface area contributed by atoms with Gasteiger partial charge in [-0.15, -0.1) is 0 Å². The van der Waals surface area contributed by atoms with E-state index in [1.54, 1.807) is 31.1 Å². The number of ether oxygens (including phenoxy) is 1. The number of methoxy groups -OCH3 is 1. The van der Waals surface area contributed by atoms with E-state index >= 15 is 0 Å². The number of anilines is 3. The minimum absolute atomic E-state index is 0.132. The van der Waals surface area contributed by atoms with Crippen molar-refractivity contribution in [2.75, 3.05) is 29.7 Å². The Bertz CT molecular complexity index is 1320. The molecule has 0 bridgehead atoms. The maximum atomic E-state index is 12.9. The zero-order valence-electron chi connectivity index (χ0n) is 20.9. The molecule has 1 fully saturated rings. The van der Waals surface area contributed by atoms with Crippen molar-refractivity contribution < 1.29 is 22.7 Å². The number of aryl methyl sites for hydroxylation is 2. The van der Waals surface area contributed by atoms with E-state index in [0.29, 0.717) is 35.4 Å². The number of hydrogen-bond donors (Lipinski definition) is 2. The second kappa shape index (κ2) is 9.01. The number of nitrogens with one attached hydrogen (secondary N) is 2. The normalized spacial score (nSPS) is 18.8. The highest BCUT2D eigenvalue weighted by Gasteiger charge is 2.52. The molecule has 1 aliphatic carbocycles. The number of carbonyl (C=O) groups excluding carboxylic acids is 1. The van der Waals surface area contributed by atoms with Crippen LogP contribution in [0, 0.1) is 6.92 Å². The Morgan fingerprint density at radius 1 is 1.27 bits per heavy atom. The van der Waals surface area contributed by atoms with Gasteiger partial charge in [0.2, 0.25) is 11.9 Å². The highest BCUT2D eigenvalue weighted by molar-refractivity contribution is 6.04. The van der Waals surface area contributed by atoms with Crippen LogP contribution in [0.15, 0.2) is 18.5 Å². The van der Waals surface area contributed by atoms with Gasteiger partial charge in [-0.05, 0) is 32.3 Å². The molecule has 2 aliphatic rings. The average Bonchev–Trinajstić information content (AvgIpc) is 3.41. The Morgan fingerprint density at radius 2 is 2.03 bits per heavy atom. The van der Waals surface area contributed by atoms with Crippen LogP contribution in [0.1, 0.15) is 41.9 Å². The van der Waals surface area contributed by atoms with Gasteiger partial charge in [-0.2, -0.15) is 28.4 Å². The fourth-order valence-corrected chi connectivity index (χ4v) is 4.96. The van der Waals surface area contributed by atoms with Gasteiger partial charge in [0, 0.05) is 39.5 Å². The molecule has 1 atom stereocenters. The number of alkyl halides is 3. The minimum Gasteiger partial charge on any atom is -0.376 e. The fourth-order valence-electron chi connectivity index (χ4n) is 4.96. The Morgan fingerprint density at radius 3 is 2.65 bits per heavy atom. The fraction of sp³-hybridized carbons (Fsp3) is 0.522. The summed E-state index contributed by atoms with van der Waals surface area (Å²) in [6.45, 7) is 2.29. The molecule has 3 aromatic rings. The molecule has 0 aromatic carbocycles. The monoisotopic (exact) mass is 519 g/mol. The lowest BCUT2D eigenvalue weighted by Crippen LogP contribution is -2.64. The summed E-state index contributed by atoms with van der Waals surface area (Å²) in [7, 11) is 4.94. The van der Waals surface area contributed by atoms with Gasteiger partial charge in [0.05, 0.1) is 29.7 Å². The molecule has 3 aromatic heterocycles. The molecule has 11 nitrogen and oxygen atoms in total. The number of hydrogen-bond acceptors (Lipinski definition) is 8. The number of carbonyl (C=O) groups is 1. The van der Waals surface area contributed by atoms with Gasteiger partial charge in [-0.3, -0.25) is 14.2 Å². The van der Waals surface area contributed by atoms with Crippen LogP contribution in [0.25, 0.3) is 0 Å². The maximum absolute atomic E-state index is 12.9. The number of amides is 1. The van der Waals surface area contributed by atoms with E-state index in [4.69, 9.17) is 4.74 Å². The van der Waals surface area contributed by atoms with Crippen LogP contribution in [0.5, 0.6) is 0 Å². The summed E-state index contributed by atoms with van der Waals surface area (Å²) in [6.07, 6.45) is 1.47. The molecule has 37 heavy (non-hydrogen) atoms. The van der Waals surface area contributed by atoms with Crippen LogP contribution in [-0.2, 0) is 35.8 Å². The predicted molar refractivity (Wildman–Crippen MR) is 128 cm³/mol. The van der Waals surface area contributed by atoms with Crippen LogP contribution in [-0.4, -0.2) is 61.2 Å². The third-order valence-electron chi connectivity index (χ3n) is 7.12.